The van der Waals surface area contributed by atoms with Crippen LogP contribution in [0.1, 0.15) is 51.5 Å². The van der Waals surface area contributed by atoms with Gasteiger partial charge in [-0.1, -0.05) is 71.7 Å². The molecule has 1 aromatic carbocycles. The van der Waals surface area contributed by atoms with Crippen LogP contribution in [0.25, 0.3) is 0 Å². The first-order valence-electron chi connectivity index (χ1n) is 13.8. The van der Waals surface area contributed by atoms with E-state index in [2.05, 4.69) is 16.0 Å². The standard InChI is InChI=1S/C28H46N4O5S2/c1-4-15-32(28(36)25(31-26(34)20-29-3)19-23-12-8-6-9-13-23)21-27(35)30-24(22-33)14-10-7-11-17-38-39-18-16-37-5-2/h6,8-9,12-13,22,24-25,29H,4-5,7,10-11,14-21H2,1-3H3,(H,30,35)(H,31,34). The van der Waals surface area contributed by atoms with Gasteiger partial charge in [0.2, 0.25) is 17.7 Å². The maximum absolute atomic E-state index is 13.5. The maximum Gasteiger partial charge on any atom is 0.245 e. The van der Waals surface area contributed by atoms with Crippen molar-refractivity contribution < 1.29 is 23.9 Å². The van der Waals surface area contributed by atoms with Gasteiger partial charge in [-0.3, -0.25) is 14.4 Å². The molecule has 11 heteroatoms. The van der Waals surface area contributed by atoms with E-state index in [1.807, 2.05) is 65.8 Å². The lowest BCUT2D eigenvalue weighted by molar-refractivity contribution is -0.139. The zero-order chi connectivity index (χ0) is 28.7. The highest BCUT2D eigenvalue weighted by molar-refractivity contribution is 8.76. The molecule has 0 aliphatic carbocycles. The van der Waals surface area contributed by atoms with Gasteiger partial charge in [0.25, 0.3) is 0 Å². The number of hydrogen-bond donors (Lipinski definition) is 3. The Hall–Kier alpha value is -2.08. The first kappa shape index (κ1) is 34.9. The summed E-state index contributed by atoms with van der Waals surface area (Å²) in [6, 6.07) is 8.06. The second-order valence-electron chi connectivity index (χ2n) is 9.10. The van der Waals surface area contributed by atoms with Crippen LogP contribution in [0.15, 0.2) is 30.3 Å². The Morgan fingerprint density at radius 3 is 2.41 bits per heavy atom. The van der Waals surface area contributed by atoms with Gasteiger partial charge in [-0.15, -0.1) is 0 Å². The molecule has 1 aromatic rings. The smallest absolute Gasteiger partial charge is 0.245 e. The summed E-state index contributed by atoms with van der Waals surface area (Å²) in [5.74, 6) is 1.02. The summed E-state index contributed by atoms with van der Waals surface area (Å²) in [7, 11) is 5.30. The lowest BCUT2D eigenvalue weighted by Crippen LogP contribution is -2.54. The van der Waals surface area contributed by atoms with E-state index in [1.165, 1.54) is 4.90 Å². The number of amides is 3. The molecule has 2 unspecified atom stereocenters. The molecule has 0 heterocycles. The monoisotopic (exact) mass is 582 g/mol. The number of ether oxygens (including phenoxy) is 1. The van der Waals surface area contributed by atoms with Crippen molar-refractivity contribution >= 4 is 45.6 Å². The van der Waals surface area contributed by atoms with Crippen molar-refractivity contribution in [3.05, 3.63) is 35.9 Å². The zero-order valence-electron chi connectivity index (χ0n) is 23.6. The Morgan fingerprint density at radius 2 is 1.74 bits per heavy atom. The molecule has 3 N–H and O–H groups in total. The highest BCUT2D eigenvalue weighted by atomic mass is 33.1. The maximum atomic E-state index is 13.5. The number of unbranched alkanes of at least 4 members (excludes halogenated alkanes) is 2. The molecule has 0 saturated heterocycles. The molecule has 0 aliphatic rings. The van der Waals surface area contributed by atoms with Crippen LogP contribution in [-0.4, -0.2) is 92.4 Å². The highest BCUT2D eigenvalue weighted by Crippen LogP contribution is 2.22. The fraction of sp³-hybridized carbons (Fsp3) is 0.643. The third kappa shape index (κ3) is 16.6. The Labute approximate surface area is 241 Å². The fourth-order valence-corrected chi connectivity index (χ4v) is 5.88. The number of carbonyl (C=O) groups is 4. The van der Waals surface area contributed by atoms with E-state index in [0.29, 0.717) is 25.8 Å². The van der Waals surface area contributed by atoms with Crippen molar-refractivity contribution in [1.29, 1.82) is 0 Å². The minimum absolute atomic E-state index is 0.0826. The number of benzene rings is 1. The molecule has 0 spiro atoms. The van der Waals surface area contributed by atoms with E-state index in [1.54, 1.807) is 7.05 Å². The molecule has 3 amide bonds. The summed E-state index contributed by atoms with van der Waals surface area (Å²) in [4.78, 5) is 51.7. The molecule has 1 rings (SSSR count). The summed E-state index contributed by atoms with van der Waals surface area (Å²) in [5.41, 5.74) is 0.907. The first-order chi connectivity index (χ1) is 18.9. The van der Waals surface area contributed by atoms with E-state index in [0.717, 1.165) is 55.8 Å². The second kappa shape index (κ2) is 22.7. The van der Waals surface area contributed by atoms with Crippen LogP contribution in [-0.2, 0) is 30.3 Å². The lowest BCUT2D eigenvalue weighted by atomic mass is 10.0. The van der Waals surface area contributed by atoms with Gasteiger partial charge in [0.15, 0.2) is 0 Å². The number of carbonyl (C=O) groups excluding carboxylic acids is 4. The molecule has 0 aromatic heterocycles. The Kier molecular flexibility index (Phi) is 20.3. The van der Waals surface area contributed by atoms with Crippen LogP contribution in [0.4, 0.5) is 0 Å². The highest BCUT2D eigenvalue weighted by Gasteiger charge is 2.27. The molecular formula is C28H46N4O5S2. The van der Waals surface area contributed by atoms with Gasteiger partial charge in [0.1, 0.15) is 12.3 Å². The molecule has 9 nitrogen and oxygen atoms in total. The van der Waals surface area contributed by atoms with Crippen LogP contribution < -0.4 is 16.0 Å². The van der Waals surface area contributed by atoms with E-state index >= 15 is 0 Å². The molecule has 0 saturated carbocycles. The average molecular weight is 583 g/mol. The molecule has 0 fully saturated rings. The number of nitrogens with one attached hydrogen (secondary N) is 3. The predicted molar refractivity (Wildman–Crippen MR) is 161 cm³/mol. The topological polar surface area (TPSA) is 117 Å². The molecule has 0 aliphatic heterocycles. The number of aldehydes is 1. The van der Waals surface area contributed by atoms with Crippen molar-refractivity contribution in [1.82, 2.24) is 20.9 Å². The van der Waals surface area contributed by atoms with Crippen molar-refractivity contribution in [2.45, 2.75) is 64.5 Å². The SMILES string of the molecule is CCCN(CC(=O)NC(C=O)CCCCCSSCCOCC)C(=O)C(Cc1ccccc1)NC(=O)CNC. The average Bonchev–Trinajstić information content (AvgIpc) is 2.93. The number of rotatable bonds is 23. The fourth-order valence-electron chi connectivity index (χ4n) is 3.87. The van der Waals surface area contributed by atoms with Crippen LogP contribution in [0.5, 0.6) is 0 Å². The summed E-state index contributed by atoms with van der Waals surface area (Å²) in [5, 5.41) is 8.36. The van der Waals surface area contributed by atoms with Crippen LogP contribution in [0, 0.1) is 0 Å². The van der Waals surface area contributed by atoms with Gasteiger partial charge < -0.3 is 30.4 Å². The number of nitrogens with zero attached hydrogens (tertiary/aromatic N) is 1. The predicted octanol–water partition coefficient (Wildman–Crippen LogP) is 2.83. The third-order valence-electron chi connectivity index (χ3n) is 5.74. The summed E-state index contributed by atoms with van der Waals surface area (Å²) < 4.78 is 5.32. The molecule has 0 bridgehead atoms. The van der Waals surface area contributed by atoms with Crippen molar-refractivity contribution in [2.75, 3.05) is 51.4 Å². The quantitative estimate of drug-likeness (QED) is 0.103. The Balaban J connectivity index is 2.59. The summed E-state index contributed by atoms with van der Waals surface area (Å²) in [6.07, 6.45) is 5.16. The van der Waals surface area contributed by atoms with Gasteiger partial charge in [-0.2, -0.15) is 0 Å². The van der Waals surface area contributed by atoms with Gasteiger partial charge in [-0.25, -0.2) is 0 Å². The van der Waals surface area contributed by atoms with E-state index in [4.69, 9.17) is 4.74 Å². The third-order valence-corrected chi connectivity index (χ3v) is 8.20. The van der Waals surface area contributed by atoms with Crippen molar-refractivity contribution in [3.63, 3.8) is 0 Å². The van der Waals surface area contributed by atoms with Crippen LogP contribution >= 0.6 is 21.6 Å². The first-order valence-corrected chi connectivity index (χ1v) is 16.3. The number of likely N-dealkylation sites (N-methyl/N-ethyl adjacent to an activating group) is 1. The van der Waals surface area contributed by atoms with Crippen LogP contribution in [0.2, 0.25) is 0 Å². The minimum atomic E-state index is -0.801. The van der Waals surface area contributed by atoms with Gasteiger partial charge in [0.05, 0.1) is 25.7 Å². The summed E-state index contributed by atoms with van der Waals surface area (Å²) >= 11 is 0. The van der Waals surface area contributed by atoms with Gasteiger partial charge >= 0.3 is 0 Å². The molecule has 2 atom stereocenters. The zero-order valence-corrected chi connectivity index (χ0v) is 25.2. The van der Waals surface area contributed by atoms with E-state index in [-0.39, 0.29) is 30.8 Å². The normalized spacial score (nSPS) is 12.4. The Bertz CT molecular complexity index is 831. The van der Waals surface area contributed by atoms with Crippen LogP contribution in [0.3, 0.4) is 0 Å². The second-order valence-corrected chi connectivity index (χ2v) is 11.8. The largest absolute Gasteiger partial charge is 0.381 e. The van der Waals surface area contributed by atoms with Crippen molar-refractivity contribution in [2.24, 2.45) is 0 Å². The number of hydrogen-bond acceptors (Lipinski definition) is 8. The summed E-state index contributed by atoms with van der Waals surface area (Å²) in [6.45, 7) is 5.72. The van der Waals surface area contributed by atoms with E-state index < -0.39 is 12.1 Å². The molecule has 39 heavy (non-hydrogen) atoms. The van der Waals surface area contributed by atoms with E-state index in [9.17, 15) is 19.2 Å². The molecule has 0 radical (unpaired) electrons. The molecule has 220 valence electrons. The van der Waals surface area contributed by atoms with Crippen molar-refractivity contribution in [3.8, 4) is 0 Å². The lowest BCUT2D eigenvalue weighted by Gasteiger charge is -2.28. The Morgan fingerprint density at radius 1 is 1.00 bits per heavy atom. The minimum Gasteiger partial charge on any atom is -0.381 e. The van der Waals surface area contributed by atoms with Gasteiger partial charge in [0, 0.05) is 31.1 Å². The molecular weight excluding hydrogens is 536 g/mol. The van der Waals surface area contributed by atoms with Gasteiger partial charge in [-0.05, 0) is 38.8 Å².